The van der Waals surface area contributed by atoms with E-state index in [0.717, 1.165) is 6.07 Å². The van der Waals surface area contributed by atoms with Crippen LogP contribution in [0.2, 0.25) is 0 Å². The Labute approximate surface area is 125 Å². The van der Waals surface area contributed by atoms with Crippen LogP contribution >= 0.6 is 15.9 Å². The number of aryl methyl sites for hydroxylation is 1. The number of hydrogen-bond donors (Lipinski definition) is 2. The van der Waals surface area contributed by atoms with Gasteiger partial charge < -0.3 is 5.73 Å². The van der Waals surface area contributed by atoms with Gasteiger partial charge in [-0.15, -0.1) is 0 Å². The lowest BCUT2D eigenvalue weighted by Gasteiger charge is -2.12. The van der Waals surface area contributed by atoms with Crippen LogP contribution in [0.5, 0.6) is 0 Å². The Bertz CT molecular complexity index is 763. The fourth-order valence-corrected chi connectivity index (χ4v) is 3.86. The van der Waals surface area contributed by atoms with Crippen LogP contribution < -0.4 is 10.5 Å². The zero-order chi connectivity index (χ0) is 14.9. The Morgan fingerprint density at radius 3 is 2.55 bits per heavy atom. The lowest BCUT2D eigenvalue weighted by Crippen LogP contribution is -2.14. The summed E-state index contributed by atoms with van der Waals surface area (Å²) in [6.45, 7) is 1.69. The maximum atomic E-state index is 13.2. The molecule has 0 radical (unpaired) electrons. The maximum absolute atomic E-state index is 13.2. The predicted molar refractivity (Wildman–Crippen MR) is 80.5 cm³/mol. The zero-order valence-electron chi connectivity index (χ0n) is 10.5. The molecule has 0 fully saturated rings. The molecule has 2 aromatic rings. The van der Waals surface area contributed by atoms with E-state index in [4.69, 9.17) is 5.73 Å². The van der Waals surface area contributed by atoms with E-state index >= 15 is 0 Å². The lowest BCUT2D eigenvalue weighted by atomic mass is 10.2. The first-order valence-electron chi connectivity index (χ1n) is 5.63. The SMILES string of the molecule is Cc1ccc(F)cc1NS(=O)(=O)c1ccc(N)cc1Br. The Hall–Kier alpha value is -1.60. The van der Waals surface area contributed by atoms with E-state index in [9.17, 15) is 12.8 Å². The first-order valence-corrected chi connectivity index (χ1v) is 7.91. The van der Waals surface area contributed by atoms with Crippen molar-refractivity contribution in [2.75, 3.05) is 10.5 Å². The molecule has 20 heavy (non-hydrogen) atoms. The van der Waals surface area contributed by atoms with E-state index in [0.29, 0.717) is 15.7 Å². The van der Waals surface area contributed by atoms with Crippen LogP contribution in [0.25, 0.3) is 0 Å². The molecule has 0 bridgehead atoms. The standard InChI is InChI=1S/C13H12BrFN2O2S/c1-8-2-3-9(15)6-12(8)17-20(18,19)13-5-4-10(16)7-11(13)14/h2-7,17H,16H2,1H3. The van der Waals surface area contributed by atoms with Crippen molar-refractivity contribution < 1.29 is 12.8 Å². The van der Waals surface area contributed by atoms with E-state index in [1.165, 1.54) is 30.3 Å². The van der Waals surface area contributed by atoms with Crippen LogP contribution in [-0.2, 0) is 10.0 Å². The van der Waals surface area contributed by atoms with E-state index in [1.807, 2.05) is 0 Å². The smallest absolute Gasteiger partial charge is 0.263 e. The summed E-state index contributed by atoms with van der Waals surface area (Å²) in [5.41, 5.74) is 6.84. The molecule has 0 aliphatic carbocycles. The van der Waals surface area contributed by atoms with Gasteiger partial charge in [-0.25, -0.2) is 12.8 Å². The van der Waals surface area contributed by atoms with Gasteiger partial charge in [-0.05, 0) is 58.7 Å². The van der Waals surface area contributed by atoms with Gasteiger partial charge in [0.15, 0.2) is 0 Å². The van der Waals surface area contributed by atoms with Crippen LogP contribution in [0.15, 0.2) is 45.8 Å². The minimum Gasteiger partial charge on any atom is -0.399 e. The van der Waals surface area contributed by atoms with Crippen LogP contribution in [-0.4, -0.2) is 8.42 Å². The first-order chi connectivity index (χ1) is 9.29. The minimum atomic E-state index is -3.82. The van der Waals surface area contributed by atoms with Crippen molar-refractivity contribution in [2.45, 2.75) is 11.8 Å². The summed E-state index contributed by atoms with van der Waals surface area (Å²) < 4.78 is 40.5. The molecule has 0 heterocycles. The zero-order valence-corrected chi connectivity index (χ0v) is 12.9. The van der Waals surface area contributed by atoms with E-state index in [-0.39, 0.29) is 10.6 Å². The number of sulfonamides is 1. The largest absolute Gasteiger partial charge is 0.399 e. The van der Waals surface area contributed by atoms with Crippen molar-refractivity contribution in [2.24, 2.45) is 0 Å². The van der Waals surface area contributed by atoms with Gasteiger partial charge in [0.05, 0.1) is 5.69 Å². The minimum absolute atomic E-state index is 0.0374. The molecule has 3 N–H and O–H groups in total. The maximum Gasteiger partial charge on any atom is 0.263 e. The Morgan fingerprint density at radius 2 is 1.90 bits per heavy atom. The highest BCUT2D eigenvalue weighted by molar-refractivity contribution is 9.10. The molecule has 0 unspecified atom stereocenters. The molecule has 0 aromatic heterocycles. The number of halogens is 2. The molecule has 4 nitrogen and oxygen atoms in total. The van der Waals surface area contributed by atoms with E-state index in [1.54, 1.807) is 6.92 Å². The third-order valence-electron chi connectivity index (χ3n) is 2.69. The van der Waals surface area contributed by atoms with Crippen molar-refractivity contribution in [3.63, 3.8) is 0 Å². The average Bonchev–Trinajstić information content (AvgIpc) is 2.33. The summed E-state index contributed by atoms with van der Waals surface area (Å²) in [6.07, 6.45) is 0. The second-order valence-electron chi connectivity index (χ2n) is 4.25. The molecular weight excluding hydrogens is 347 g/mol. The number of nitrogens with one attached hydrogen (secondary N) is 1. The summed E-state index contributed by atoms with van der Waals surface area (Å²) in [5, 5.41) is 0. The van der Waals surface area contributed by atoms with Crippen LogP contribution in [0.1, 0.15) is 5.56 Å². The molecule has 0 spiro atoms. The second-order valence-corrected chi connectivity index (χ2v) is 6.76. The van der Waals surface area contributed by atoms with Gasteiger partial charge in [-0.2, -0.15) is 0 Å². The summed E-state index contributed by atoms with van der Waals surface area (Å²) in [7, 11) is -3.82. The molecular formula is C13H12BrFN2O2S. The first kappa shape index (κ1) is 14.8. The van der Waals surface area contributed by atoms with Gasteiger partial charge in [0.2, 0.25) is 0 Å². The van der Waals surface area contributed by atoms with Crippen LogP contribution in [0.4, 0.5) is 15.8 Å². The Kier molecular flexibility index (Phi) is 4.01. The predicted octanol–water partition coefficient (Wildman–Crippen LogP) is 3.28. The fraction of sp³-hybridized carbons (Fsp3) is 0.0769. The quantitative estimate of drug-likeness (QED) is 0.827. The van der Waals surface area contributed by atoms with Crippen molar-refractivity contribution in [3.05, 3.63) is 52.3 Å². The highest BCUT2D eigenvalue weighted by Crippen LogP contribution is 2.27. The van der Waals surface area contributed by atoms with E-state index in [2.05, 4.69) is 20.7 Å². The number of hydrogen-bond acceptors (Lipinski definition) is 3. The van der Waals surface area contributed by atoms with Gasteiger partial charge >= 0.3 is 0 Å². The summed E-state index contributed by atoms with van der Waals surface area (Å²) >= 11 is 3.16. The summed E-state index contributed by atoms with van der Waals surface area (Å²) in [6, 6.07) is 8.27. The Morgan fingerprint density at radius 1 is 1.20 bits per heavy atom. The van der Waals surface area contributed by atoms with Gasteiger partial charge in [0.25, 0.3) is 10.0 Å². The highest BCUT2D eigenvalue weighted by atomic mass is 79.9. The molecule has 106 valence electrons. The van der Waals surface area contributed by atoms with Crippen molar-refractivity contribution in [1.29, 1.82) is 0 Å². The number of nitrogen functional groups attached to an aromatic ring is 1. The number of nitrogens with two attached hydrogens (primary N) is 1. The second kappa shape index (κ2) is 5.41. The molecule has 2 aromatic carbocycles. The summed E-state index contributed by atoms with van der Waals surface area (Å²) in [5.74, 6) is -0.510. The number of anilines is 2. The molecule has 0 aliphatic rings. The van der Waals surface area contributed by atoms with E-state index < -0.39 is 15.8 Å². The van der Waals surface area contributed by atoms with Crippen molar-refractivity contribution >= 4 is 37.3 Å². The molecule has 0 aliphatic heterocycles. The molecule has 7 heteroatoms. The molecule has 0 saturated heterocycles. The average molecular weight is 359 g/mol. The van der Waals surface area contributed by atoms with Gasteiger partial charge in [-0.3, -0.25) is 4.72 Å². The van der Waals surface area contributed by atoms with Crippen LogP contribution in [0.3, 0.4) is 0 Å². The topological polar surface area (TPSA) is 72.2 Å². The number of benzene rings is 2. The molecule has 2 rings (SSSR count). The highest BCUT2D eigenvalue weighted by Gasteiger charge is 2.18. The molecule has 0 saturated carbocycles. The van der Waals surface area contributed by atoms with Gasteiger partial charge in [-0.1, -0.05) is 6.07 Å². The van der Waals surface area contributed by atoms with Crippen molar-refractivity contribution in [1.82, 2.24) is 0 Å². The van der Waals surface area contributed by atoms with Gasteiger partial charge in [0.1, 0.15) is 10.7 Å². The molecule has 0 amide bonds. The van der Waals surface area contributed by atoms with Crippen molar-refractivity contribution in [3.8, 4) is 0 Å². The van der Waals surface area contributed by atoms with Gasteiger partial charge in [0, 0.05) is 10.2 Å². The lowest BCUT2D eigenvalue weighted by molar-refractivity contribution is 0.600. The summed E-state index contributed by atoms with van der Waals surface area (Å²) in [4.78, 5) is 0.0374. The third-order valence-corrected chi connectivity index (χ3v) is 5.03. The van der Waals surface area contributed by atoms with Crippen LogP contribution in [0, 0.1) is 12.7 Å². The normalized spacial score (nSPS) is 11.3. The number of rotatable bonds is 3. The Balaban J connectivity index is 2.43. The monoisotopic (exact) mass is 358 g/mol. The third kappa shape index (κ3) is 3.10. The molecule has 0 atom stereocenters. The fourth-order valence-electron chi connectivity index (χ4n) is 1.64.